The molecule has 0 bridgehead atoms. The third-order valence-electron chi connectivity index (χ3n) is 1.76. The fourth-order valence-corrected chi connectivity index (χ4v) is 2.02. The lowest BCUT2D eigenvalue weighted by Gasteiger charge is -2.08. The molecule has 1 aromatic carbocycles. The summed E-state index contributed by atoms with van der Waals surface area (Å²) in [6, 6.07) is 4.88. The Bertz CT molecular complexity index is 412. The summed E-state index contributed by atoms with van der Waals surface area (Å²) in [5.74, 6) is 0.943. The number of rotatable bonds is 3. The van der Waals surface area contributed by atoms with Gasteiger partial charge in [0.05, 0.1) is 11.1 Å². The van der Waals surface area contributed by atoms with Gasteiger partial charge in [0.2, 0.25) is 0 Å². The van der Waals surface area contributed by atoms with Gasteiger partial charge in [-0.2, -0.15) is 18.4 Å². The van der Waals surface area contributed by atoms with Crippen molar-refractivity contribution in [2.75, 3.05) is 11.6 Å². The first kappa shape index (κ1) is 13.2. The SMILES string of the molecule is N#Cc1cc(C(F)(F)F)ccc1SCCCl. The molecule has 0 amide bonds. The molecule has 1 aromatic rings. The minimum atomic E-state index is -4.42. The van der Waals surface area contributed by atoms with Crippen LogP contribution < -0.4 is 0 Å². The van der Waals surface area contributed by atoms with Crippen LogP contribution in [0.4, 0.5) is 13.2 Å². The molecular weight excluding hydrogens is 259 g/mol. The van der Waals surface area contributed by atoms with Crippen LogP contribution in [0.2, 0.25) is 0 Å². The van der Waals surface area contributed by atoms with Gasteiger partial charge in [-0.1, -0.05) is 0 Å². The van der Waals surface area contributed by atoms with Crippen molar-refractivity contribution in [1.82, 2.24) is 0 Å². The Hall–Kier alpha value is -0.860. The summed E-state index contributed by atoms with van der Waals surface area (Å²) in [7, 11) is 0. The van der Waals surface area contributed by atoms with Gasteiger partial charge in [-0.05, 0) is 18.2 Å². The van der Waals surface area contributed by atoms with Gasteiger partial charge >= 0.3 is 6.18 Å². The molecule has 0 N–H and O–H groups in total. The van der Waals surface area contributed by atoms with Crippen molar-refractivity contribution in [1.29, 1.82) is 5.26 Å². The molecule has 0 unspecified atom stereocenters. The zero-order chi connectivity index (χ0) is 12.2. The molecule has 0 aliphatic carbocycles. The summed E-state index contributed by atoms with van der Waals surface area (Å²) in [6.45, 7) is 0. The Kier molecular flexibility index (Phi) is 4.51. The lowest BCUT2D eigenvalue weighted by Crippen LogP contribution is -2.05. The van der Waals surface area contributed by atoms with E-state index in [0.29, 0.717) is 16.5 Å². The number of hydrogen-bond acceptors (Lipinski definition) is 2. The van der Waals surface area contributed by atoms with E-state index in [1.165, 1.54) is 17.8 Å². The highest BCUT2D eigenvalue weighted by Crippen LogP contribution is 2.32. The maximum absolute atomic E-state index is 12.4. The second-order valence-corrected chi connectivity index (χ2v) is 4.37. The molecule has 0 radical (unpaired) electrons. The van der Waals surface area contributed by atoms with Gasteiger partial charge in [0, 0.05) is 16.5 Å². The minimum Gasteiger partial charge on any atom is -0.192 e. The molecule has 0 aromatic heterocycles. The Morgan fingerprint density at radius 2 is 2.06 bits per heavy atom. The summed E-state index contributed by atoms with van der Waals surface area (Å²) in [5.41, 5.74) is -0.774. The fourth-order valence-electron chi connectivity index (χ4n) is 1.07. The number of thioether (sulfide) groups is 1. The zero-order valence-electron chi connectivity index (χ0n) is 8.01. The summed E-state index contributed by atoms with van der Waals surface area (Å²) in [5, 5.41) is 8.74. The third kappa shape index (κ3) is 3.32. The Morgan fingerprint density at radius 3 is 2.56 bits per heavy atom. The normalized spacial score (nSPS) is 11.2. The number of alkyl halides is 4. The van der Waals surface area contributed by atoms with Gasteiger partial charge < -0.3 is 0 Å². The van der Waals surface area contributed by atoms with E-state index in [-0.39, 0.29) is 5.56 Å². The first-order valence-electron chi connectivity index (χ1n) is 4.29. The van der Waals surface area contributed by atoms with Crippen molar-refractivity contribution in [2.24, 2.45) is 0 Å². The smallest absolute Gasteiger partial charge is 0.192 e. The molecule has 0 heterocycles. The van der Waals surface area contributed by atoms with E-state index in [0.717, 1.165) is 12.1 Å². The van der Waals surface area contributed by atoms with Gasteiger partial charge in [-0.25, -0.2) is 0 Å². The average molecular weight is 266 g/mol. The molecule has 0 fully saturated rings. The monoisotopic (exact) mass is 265 g/mol. The van der Waals surface area contributed by atoms with Crippen molar-refractivity contribution >= 4 is 23.4 Å². The van der Waals surface area contributed by atoms with Crippen molar-refractivity contribution in [3.05, 3.63) is 29.3 Å². The van der Waals surface area contributed by atoms with Crippen LogP contribution in [0.1, 0.15) is 11.1 Å². The highest BCUT2D eigenvalue weighted by Gasteiger charge is 2.30. The second-order valence-electron chi connectivity index (χ2n) is 2.86. The molecule has 1 nitrogen and oxygen atoms in total. The molecule has 0 saturated heterocycles. The second kappa shape index (κ2) is 5.46. The van der Waals surface area contributed by atoms with E-state index in [9.17, 15) is 13.2 Å². The predicted molar refractivity (Wildman–Crippen MR) is 57.6 cm³/mol. The number of halogens is 4. The molecule has 0 aliphatic rings. The zero-order valence-corrected chi connectivity index (χ0v) is 9.59. The van der Waals surface area contributed by atoms with Crippen LogP contribution in [-0.2, 0) is 6.18 Å². The summed E-state index contributed by atoms with van der Waals surface area (Å²) >= 11 is 6.74. The highest BCUT2D eigenvalue weighted by atomic mass is 35.5. The van der Waals surface area contributed by atoms with E-state index in [4.69, 9.17) is 16.9 Å². The molecule has 1 rings (SSSR count). The number of nitrogens with zero attached hydrogens (tertiary/aromatic N) is 1. The van der Waals surface area contributed by atoms with E-state index >= 15 is 0 Å². The van der Waals surface area contributed by atoms with Crippen LogP contribution in [0.5, 0.6) is 0 Å². The molecule has 0 saturated carbocycles. The molecule has 16 heavy (non-hydrogen) atoms. The first-order chi connectivity index (χ1) is 7.49. The predicted octanol–water partition coefficient (Wildman–Crippen LogP) is 3.91. The van der Waals surface area contributed by atoms with Crippen LogP contribution in [0.25, 0.3) is 0 Å². The highest BCUT2D eigenvalue weighted by molar-refractivity contribution is 7.99. The minimum absolute atomic E-state index is 0.0324. The summed E-state index contributed by atoms with van der Waals surface area (Å²) in [6.07, 6.45) is -4.42. The number of benzene rings is 1. The molecular formula is C10H7ClF3NS. The Morgan fingerprint density at radius 1 is 1.38 bits per heavy atom. The summed E-state index contributed by atoms with van der Waals surface area (Å²) in [4.78, 5) is 0.524. The van der Waals surface area contributed by atoms with E-state index in [2.05, 4.69) is 0 Å². The van der Waals surface area contributed by atoms with Crippen LogP contribution >= 0.6 is 23.4 Å². The standard InChI is InChI=1S/C10H7ClF3NS/c11-3-4-16-9-2-1-8(10(12,13)14)5-7(9)6-15/h1-2,5H,3-4H2. The van der Waals surface area contributed by atoms with Crippen molar-refractivity contribution in [3.63, 3.8) is 0 Å². The number of nitriles is 1. The summed E-state index contributed by atoms with van der Waals surface area (Å²) < 4.78 is 37.1. The molecule has 0 aliphatic heterocycles. The van der Waals surface area contributed by atoms with Crippen LogP contribution in [0.3, 0.4) is 0 Å². The molecule has 6 heteroatoms. The molecule has 0 spiro atoms. The van der Waals surface area contributed by atoms with E-state index in [1.807, 2.05) is 0 Å². The van der Waals surface area contributed by atoms with Crippen LogP contribution in [0.15, 0.2) is 23.1 Å². The number of hydrogen-bond donors (Lipinski definition) is 0. The average Bonchev–Trinajstić information content (AvgIpc) is 2.24. The van der Waals surface area contributed by atoms with E-state index < -0.39 is 11.7 Å². The first-order valence-corrected chi connectivity index (χ1v) is 5.81. The maximum atomic E-state index is 12.4. The topological polar surface area (TPSA) is 23.8 Å². The third-order valence-corrected chi connectivity index (χ3v) is 3.25. The van der Waals surface area contributed by atoms with Gasteiger partial charge in [-0.15, -0.1) is 23.4 Å². The van der Waals surface area contributed by atoms with Gasteiger partial charge in [0.1, 0.15) is 6.07 Å². The Labute approximate surface area is 100 Å². The van der Waals surface area contributed by atoms with Crippen LogP contribution in [-0.4, -0.2) is 11.6 Å². The molecule has 0 atom stereocenters. The maximum Gasteiger partial charge on any atom is 0.416 e. The van der Waals surface area contributed by atoms with Gasteiger partial charge in [0.15, 0.2) is 0 Å². The largest absolute Gasteiger partial charge is 0.416 e. The van der Waals surface area contributed by atoms with Crippen LogP contribution in [0, 0.1) is 11.3 Å². The van der Waals surface area contributed by atoms with Crippen molar-refractivity contribution in [3.8, 4) is 6.07 Å². The Balaban J connectivity index is 3.04. The lowest BCUT2D eigenvalue weighted by atomic mass is 10.1. The van der Waals surface area contributed by atoms with E-state index in [1.54, 1.807) is 6.07 Å². The van der Waals surface area contributed by atoms with Crippen molar-refractivity contribution in [2.45, 2.75) is 11.1 Å². The lowest BCUT2D eigenvalue weighted by molar-refractivity contribution is -0.137. The van der Waals surface area contributed by atoms with Crippen molar-refractivity contribution < 1.29 is 13.2 Å². The van der Waals surface area contributed by atoms with Gasteiger partial charge in [0.25, 0.3) is 0 Å². The molecule has 86 valence electrons. The van der Waals surface area contributed by atoms with Gasteiger partial charge in [-0.3, -0.25) is 0 Å². The fraction of sp³-hybridized carbons (Fsp3) is 0.300. The quantitative estimate of drug-likeness (QED) is 0.611.